The first-order valence-corrected chi connectivity index (χ1v) is 51.7. The van der Waals surface area contributed by atoms with Gasteiger partial charge in [0.25, 0.3) is 0 Å². The number of aryl methyl sites for hydroxylation is 5. The second-order valence-electron chi connectivity index (χ2n) is 38.4. The molecule has 0 amide bonds. The van der Waals surface area contributed by atoms with Crippen molar-refractivity contribution in [1.29, 1.82) is 0 Å². The molecule has 0 radical (unpaired) electrons. The number of aliphatic hydroxyl groups is 1. The predicted octanol–water partition coefficient (Wildman–Crippen LogP) is 19.1. The molecule has 0 unspecified atom stereocenters. The number of nitrogen functional groups attached to an aromatic ring is 12. The minimum Gasteiger partial charge on any atom is -0.495 e. The van der Waals surface area contributed by atoms with Crippen molar-refractivity contribution in [2.75, 3.05) is 298 Å². The maximum atomic E-state index is 9.58. The molecule has 27 nitrogen and oxygen atoms in total. The van der Waals surface area contributed by atoms with Crippen molar-refractivity contribution < 1.29 is 14.6 Å². The lowest BCUT2D eigenvalue weighted by Gasteiger charge is -2.39. The van der Waals surface area contributed by atoms with Gasteiger partial charge in [-0.3, -0.25) is 0 Å². The number of hydrogen-bond acceptors (Lipinski definition) is 27. The second-order valence-corrected chi connectivity index (χ2v) is 39.2. The summed E-state index contributed by atoms with van der Waals surface area (Å²) >= 11 is 12.6. The molecule has 144 heavy (non-hydrogen) atoms. The third kappa shape index (κ3) is 27.7. The Hall–Kier alpha value is -14.0. The molecule has 12 aromatic carbocycles. The number of aliphatic hydroxyl groups excluding tert-OH is 1. The quantitative estimate of drug-likeness (QED) is 0.0280. The number of nitrogens with zero attached hydrogens (tertiary/aromatic N) is 12. The van der Waals surface area contributed by atoms with Crippen LogP contribution in [0, 0.1) is 48.5 Å². The molecule has 0 aromatic heterocycles. The van der Waals surface area contributed by atoms with Crippen LogP contribution < -0.4 is 137 Å². The van der Waals surface area contributed by atoms with Crippen LogP contribution in [0.25, 0.3) is 0 Å². The lowest BCUT2D eigenvalue weighted by Crippen LogP contribution is -2.47. The van der Waals surface area contributed by atoms with E-state index in [1.165, 1.54) is 116 Å². The number of benzene rings is 12. The fraction of sp³-hybridized carbons (Fsp3) is 0.374. The van der Waals surface area contributed by atoms with Crippen LogP contribution in [0.2, 0.25) is 10.0 Å². The van der Waals surface area contributed by atoms with Crippen LogP contribution in [0.4, 0.5) is 136 Å². The van der Waals surface area contributed by atoms with E-state index in [0.29, 0.717) is 39.4 Å². The number of unbranched alkanes of at least 4 members (excludes halogenated alkanes) is 2. The Kier molecular flexibility index (Phi) is 37.8. The molecule has 18 rings (SSSR count). The van der Waals surface area contributed by atoms with E-state index in [0.717, 1.165) is 261 Å². The number of halogens is 2. The first-order chi connectivity index (χ1) is 69.3. The molecule has 6 aliphatic rings. The number of nitrogens with two attached hydrogens (primary N) is 12. The summed E-state index contributed by atoms with van der Waals surface area (Å²) in [4.78, 5) is 28.8. The molecule has 25 N–H and O–H groups in total. The van der Waals surface area contributed by atoms with Crippen LogP contribution in [0.5, 0.6) is 11.5 Å². The molecule has 768 valence electrons. The fourth-order valence-corrected chi connectivity index (χ4v) is 20.8. The van der Waals surface area contributed by atoms with E-state index < -0.39 is 0 Å². The summed E-state index contributed by atoms with van der Waals surface area (Å²) in [5.74, 6) is 1.67. The van der Waals surface area contributed by atoms with E-state index in [2.05, 4.69) is 182 Å². The van der Waals surface area contributed by atoms with Crippen LogP contribution >= 0.6 is 23.2 Å². The van der Waals surface area contributed by atoms with Crippen molar-refractivity contribution >= 4 is 160 Å². The molecule has 6 aliphatic heterocycles. The highest BCUT2D eigenvalue weighted by Crippen LogP contribution is 2.41. The monoisotopic (exact) mass is 1990 g/mol. The Balaban J connectivity index is 0.000000145. The smallest absolute Gasteiger partial charge is 0.144 e. The summed E-state index contributed by atoms with van der Waals surface area (Å²) in [6.45, 7) is 45.2. The maximum Gasteiger partial charge on any atom is 0.144 e. The second kappa shape index (κ2) is 50.8. The van der Waals surface area contributed by atoms with Crippen molar-refractivity contribution in [3.8, 4) is 11.5 Å². The third-order valence-corrected chi connectivity index (χ3v) is 29.1. The van der Waals surface area contributed by atoms with Gasteiger partial charge < -0.3 is 142 Å². The van der Waals surface area contributed by atoms with E-state index >= 15 is 0 Å². The van der Waals surface area contributed by atoms with Gasteiger partial charge in [-0.15, -0.1) is 0 Å². The highest BCUT2D eigenvalue weighted by Gasteiger charge is 2.30. The van der Waals surface area contributed by atoms with Crippen molar-refractivity contribution in [3.63, 3.8) is 0 Å². The maximum absolute atomic E-state index is 9.58. The third-order valence-electron chi connectivity index (χ3n) is 28.5. The molecule has 0 spiro atoms. The highest BCUT2D eigenvalue weighted by molar-refractivity contribution is 6.34. The zero-order valence-corrected chi connectivity index (χ0v) is 88.1. The van der Waals surface area contributed by atoms with Gasteiger partial charge in [-0.25, -0.2) is 0 Å². The van der Waals surface area contributed by atoms with E-state index in [-0.39, 0.29) is 6.61 Å². The topological polar surface area (TPSA) is 390 Å². The van der Waals surface area contributed by atoms with Crippen molar-refractivity contribution in [2.24, 2.45) is 0 Å². The zero-order chi connectivity index (χ0) is 103. The largest absolute Gasteiger partial charge is 0.495 e. The summed E-state index contributed by atoms with van der Waals surface area (Å²) in [5.41, 5.74) is 107. The molecule has 12 aromatic rings. The van der Waals surface area contributed by atoms with E-state index in [9.17, 15) is 5.11 Å². The lowest BCUT2D eigenvalue weighted by atomic mass is 10.0. The number of ether oxygens (including phenoxy) is 2. The van der Waals surface area contributed by atoms with Crippen LogP contribution in [0.3, 0.4) is 0 Å². The SMILES string of the molecule is CCCCc1cc(N)ccc1N1CCN(c2ccc(N)cc2CCCC)CC1.CCOc1cc(N)ccc1N1CCN(c2ccc(N)cc2C)CC1.COc1cc(N)ccc1N1CCN(c2ccc(N)cc2CO)CC1.Cc1c(N)ccc(N2CCN(c3ccc(N)c(C)c3C)CC2)c1C.Cc1cc(N)ccc1N1CCN(c2ccc(N)cc2C)CC1.Nc1ccc(N2CCN(c3ccc(N)cc3Cl)CC2)c(Cl)c1. The van der Waals surface area contributed by atoms with Crippen LogP contribution in [-0.2, 0) is 19.4 Å². The molecule has 0 aliphatic carbocycles. The summed E-state index contributed by atoms with van der Waals surface area (Å²) in [7, 11) is 1.66. The molecule has 29 heteroatoms. The van der Waals surface area contributed by atoms with Gasteiger partial charge in [-0.2, -0.15) is 0 Å². The predicted molar refractivity (Wildman–Crippen MR) is 621 cm³/mol. The zero-order valence-electron chi connectivity index (χ0n) is 86.6. The molecule has 6 saturated heterocycles. The van der Waals surface area contributed by atoms with E-state index in [1.54, 1.807) is 19.2 Å². The molecular weight excluding hydrogens is 1840 g/mol. The summed E-state index contributed by atoms with van der Waals surface area (Å²) in [6, 6.07) is 68.3. The van der Waals surface area contributed by atoms with Gasteiger partial charge in [0.15, 0.2) is 0 Å². The first-order valence-electron chi connectivity index (χ1n) is 50.9. The number of piperazine rings is 6. The normalized spacial score (nSPS) is 14.9. The van der Waals surface area contributed by atoms with Gasteiger partial charge in [0.05, 0.1) is 53.1 Å². The first kappa shape index (κ1) is 107. The molecular formula is C115H156Cl2N24O3. The van der Waals surface area contributed by atoms with Gasteiger partial charge in [0.1, 0.15) is 11.5 Å². The van der Waals surface area contributed by atoms with Gasteiger partial charge in [0.2, 0.25) is 0 Å². The minimum atomic E-state index is -0.00757. The van der Waals surface area contributed by atoms with Crippen molar-refractivity contribution in [1.82, 2.24) is 0 Å². The average Bonchev–Trinajstić information content (AvgIpc) is 0.798. The van der Waals surface area contributed by atoms with E-state index in [4.69, 9.17) is 101 Å². The molecule has 6 fully saturated rings. The van der Waals surface area contributed by atoms with Gasteiger partial charge >= 0.3 is 0 Å². The Bertz CT molecular complexity index is 5810. The Morgan fingerprint density at radius 1 is 0.243 bits per heavy atom. The number of rotatable bonds is 22. The average molecular weight is 1990 g/mol. The highest BCUT2D eigenvalue weighted by atomic mass is 35.5. The van der Waals surface area contributed by atoms with Crippen LogP contribution in [0.15, 0.2) is 206 Å². The Morgan fingerprint density at radius 3 is 0.736 bits per heavy atom. The standard InChI is InChI=1S/C24H36N4.C20H28N4.C19H26N4O.C18H24N4O2.C18H24N4.C16H18Cl2N4/c1-3-5-7-19-17-21(25)9-11-23(19)27-13-15-28(16-14-27)24-12-10-22(26)18-20(24)8-6-4-2;1-13-15(3)19(7-5-17(13)21)23-9-11-24(12-10-23)20-8-6-18(22)14(2)16(20)4;1-3-24-19-13-16(21)5-7-18(19)23-10-8-22(9-11-23)17-6-4-15(20)12-14(17)2;1-24-18-11-15(20)3-5-17(18)22-8-6-21(7-9-22)16-4-2-14(19)10-13(16)12-23;1-13-11-15(19)3-5-17(13)21-7-9-22(10-8-21)18-6-4-16(20)12-14(18)2;17-13-9-11(19)1-3-15(13)21-5-7-22(8-6-21)16-4-2-12(20)10-14(16)18/h9-12,17-18H,3-8,13-16,25-26H2,1-2H3;5-8H,9-12,21-22H2,1-4H3;4-7,12-13H,3,8-11,20-21H2,1-2H3;2-5,10-11,23H,6-9,12,19-20H2,1H3;3-6,11-12H,7-10,19-20H2,1-2H3;1-4,9-10H,5-8,19-20H2. The van der Waals surface area contributed by atoms with Crippen molar-refractivity contribution in [2.45, 2.75) is 114 Å². The molecule has 0 bridgehead atoms. The lowest BCUT2D eigenvalue weighted by molar-refractivity contribution is 0.282. The Morgan fingerprint density at radius 2 is 0.458 bits per heavy atom. The molecule has 6 heterocycles. The Labute approximate surface area is 865 Å². The summed E-state index contributed by atoms with van der Waals surface area (Å²) < 4.78 is 11.2. The number of methoxy groups -OCH3 is 1. The molecule has 0 saturated carbocycles. The van der Waals surface area contributed by atoms with Gasteiger partial charge in [0, 0.05) is 289 Å². The van der Waals surface area contributed by atoms with E-state index in [1.807, 2.05) is 140 Å². The molecule has 0 atom stereocenters. The van der Waals surface area contributed by atoms with Crippen LogP contribution in [0.1, 0.15) is 102 Å². The summed E-state index contributed by atoms with van der Waals surface area (Å²) in [5, 5.41) is 11.0. The van der Waals surface area contributed by atoms with Crippen LogP contribution in [-0.4, -0.2) is 176 Å². The number of anilines is 24. The minimum absolute atomic E-state index is 0.00757. The summed E-state index contributed by atoms with van der Waals surface area (Å²) in [6.07, 6.45) is 7.05. The van der Waals surface area contributed by atoms with Crippen molar-refractivity contribution in [3.05, 3.63) is 272 Å². The number of hydrogen-bond donors (Lipinski definition) is 13. The fourth-order valence-electron chi connectivity index (χ4n) is 20.2. The van der Waals surface area contributed by atoms with Gasteiger partial charge in [-0.05, 0) is 325 Å². The van der Waals surface area contributed by atoms with Gasteiger partial charge in [-0.1, -0.05) is 49.9 Å².